The second-order valence-corrected chi connectivity index (χ2v) is 8.53. The molecule has 1 N–H and O–H groups in total. The Morgan fingerprint density at radius 3 is 2.87 bits per heavy atom. The van der Waals surface area contributed by atoms with Gasteiger partial charge >= 0.3 is 0 Å². The monoisotopic (exact) mass is 424 g/mol. The number of rotatable bonds is 5. The third-order valence-electron chi connectivity index (χ3n) is 4.19. The first-order chi connectivity index (χ1) is 10.5. The molecular formula is C15H22BrClN2O3S. The molecule has 1 atom stereocenters. The molecule has 1 unspecified atom stereocenters. The summed E-state index contributed by atoms with van der Waals surface area (Å²) in [4.78, 5) is 0.301. The summed E-state index contributed by atoms with van der Waals surface area (Å²) in [5, 5.41) is 3.25. The summed E-state index contributed by atoms with van der Waals surface area (Å²) in [6.07, 6.45) is 2.42. The predicted octanol–water partition coefficient (Wildman–Crippen LogP) is 2.57. The van der Waals surface area contributed by atoms with E-state index in [2.05, 4.69) is 21.2 Å². The van der Waals surface area contributed by atoms with Gasteiger partial charge in [0.2, 0.25) is 10.0 Å². The van der Waals surface area contributed by atoms with Gasteiger partial charge in [-0.25, -0.2) is 8.42 Å². The summed E-state index contributed by atoms with van der Waals surface area (Å²) < 4.78 is 34.5. The highest BCUT2D eigenvalue weighted by Gasteiger charge is 2.36. The molecule has 0 bridgehead atoms. The van der Waals surface area contributed by atoms with Crippen LogP contribution in [0.15, 0.2) is 21.5 Å². The topological polar surface area (TPSA) is 58.6 Å². The zero-order chi connectivity index (χ0) is 15.7. The van der Waals surface area contributed by atoms with Crippen molar-refractivity contribution in [1.82, 2.24) is 9.62 Å². The Hall–Kier alpha value is -0.340. The second kappa shape index (κ2) is 7.70. The van der Waals surface area contributed by atoms with E-state index >= 15 is 0 Å². The molecule has 1 aromatic rings. The molecule has 23 heavy (non-hydrogen) atoms. The standard InChI is InChI=1S/C15H21BrN2O3S.ClH/c1-2-6-18(13-3-5-17-10-13)22(19,20)14-9-12(16)8-11-4-7-21-15(11)14;/h8-9,13,17H,2-7,10H2,1H3;1H. The van der Waals surface area contributed by atoms with Crippen LogP contribution in [0, 0.1) is 0 Å². The molecule has 2 heterocycles. The van der Waals surface area contributed by atoms with Crippen molar-refractivity contribution in [3.63, 3.8) is 0 Å². The van der Waals surface area contributed by atoms with Gasteiger partial charge in [0, 0.05) is 35.6 Å². The molecule has 1 saturated heterocycles. The minimum Gasteiger partial charge on any atom is -0.492 e. The maximum Gasteiger partial charge on any atom is 0.247 e. The highest BCUT2D eigenvalue weighted by molar-refractivity contribution is 9.10. The summed E-state index contributed by atoms with van der Waals surface area (Å²) in [5.74, 6) is 0.537. The van der Waals surface area contributed by atoms with E-state index in [0.717, 1.165) is 42.4 Å². The van der Waals surface area contributed by atoms with Gasteiger partial charge in [0.25, 0.3) is 0 Å². The molecule has 0 saturated carbocycles. The normalized spacial score (nSPS) is 20.2. The highest BCUT2D eigenvalue weighted by Crippen LogP contribution is 2.38. The van der Waals surface area contributed by atoms with Crippen LogP contribution in [-0.4, -0.2) is 45.0 Å². The van der Waals surface area contributed by atoms with Crippen molar-refractivity contribution < 1.29 is 13.2 Å². The second-order valence-electron chi connectivity index (χ2n) is 5.75. The van der Waals surface area contributed by atoms with Gasteiger partial charge in [-0.1, -0.05) is 22.9 Å². The maximum atomic E-state index is 13.2. The molecule has 1 aromatic carbocycles. The van der Waals surface area contributed by atoms with Gasteiger partial charge in [0.05, 0.1) is 6.61 Å². The maximum absolute atomic E-state index is 13.2. The molecule has 0 radical (unpaired) electrons. The smallest absolute Gasteiger partial charge is 0.247 e. The molecular weight excluding hydrogens is 404 g/mol. The van der Waals surface area contributed by atoms with Gasteiger partial charge in [-0.3, -0.25) is 0 Å². The van der Waals surface area contributed by atoms with Crippen molar-refractivity contribution in [2.45, 2.75) is 37.1 Å². The van der Waals surface area contributed by atoms with E-state index in [1.807, 2.05) is 13.0 Å². The van der Waals surface area contributed by atoms with Crippen LogP contribution in [0.4, 0.5) is 0 Å². The number of nitrogens with zero attached hydrogens (tertiary/aromatic N) is 1. The number of ether oxygens (including phenoxy) is 1. The third-order valence-corrected chi connectivity index (χ3v) is 6.60. The molecule has 2 aliphatic rings. The Bertz CT molecular complexity index is 663. The molecule has 0 spiro atoms. The van der Waals surface area contributed by atoms with Crippen molar-refractivity contribution in [3.05, 3.63) is 22.2 Å². The van der Waals surface area contributed by atoms with Crippen LogP contribution < -0.4 is 10.1 Å². The fourth-order valence-corrected chi connectivity index (χ4v) is 5.76. The summed E-state index contributed by atoms with van der Waals surface area (Å²) >= 11 is 3.43. The van der Waals surface area contributed by atoms with Crippen LogP contribution in [0.25, 0.3) is 0 Å². The summed E-state index contributed by atoms with van der Waals surface area (Å²) in [6.45, 7) is 4.68. The minimum atomic E-state index is -3.56. The predicted molar refractivity (Wildman–Crippen MR) is 96.0 cm³/mol. The van der Waals surface area contributed by atoms with Gasteiger partial charge in [-0.15, -0.1) is 12.4 Å². The third kappa shape index (κ3) is 3.69. The van der Waals surface area contributed by atoms with Crippen molar-refractivity contribution >= 4 is 38.4 Å². The number of fused-ring (bicyclic) bond motifs is 1. The van der Waals surface area contributed by atoms with E-state index in [0.29, 0.717) is 23.8 Å². The average Bonchev–Trinajstić information content (AvgIpc) is 3.14. The Labute approximate surface area is 152 Å². The molecule has 0 aromatic heterocycles. The van der Waals surface area contributed by atoms with Crippen molar-refractivity contribution in [2.24, 2.45) is 0 Å². The highest BCUT2D eigenvalue weighted by atomic mass is 79.9. The number of hydrogen-bond acceptors (Lipinski definition) is 4. The molecule has 5 nitrogen and oxygen atoms in total. The minimum absolute atomic E-state index is 0. The number of nitrogens with one attached hydrogen (secondary N) is 1. The fourth-order valence-electron chi connectivity index (χ4n) is 3.16. The molecule has 1 fully saturated rings. The lowest BCUT2D eigenvalue weighted by molar-refractivity contribution is 0.326. The van der Waals surface area contributed by atoms with Crippen LogP contribution in [0.5, 0.6) is 5.75 Å². The number of halogens is 2. The summed E-state index contributed by atoms with van der Waals surface area (Å²) in [6, 6.07) is 3.65. The first kappa shape index (κ1) is 19.0. The van der Waals surface area contributed by atoms with Gasteiger partial charge in [-0.2, -0.15) is 4.31 Å². The lowest BCUT2D eigenvalue weighted by atomic mass is 10.2. The van der Waals surface area contributed by atoms with Gasteiger partial charge in [0.1, 0.15) is 10.6 Å². The first-order valence-electron chi connectivity index (χ1n) is 7.72. The van der Waals surface area contributed by atoms with Gasteiger partial charge in [-0.05, 0) is 31.5 Å². The van der Waals surface area contributed by atoms with Crippen LogP contribution >= 0.6 is 28.3 Å². The average molecular weight is 426 g/mol. The van der Waals surface area contributed by atoms with Crippen molar-refractivity contribution in [1.29, 1.82) is 0 Å². The lowest BCUT2D eigenvalue weighted by Crippen LogP contribution is -2.42. The van der Waals surface area contributed by atoms with E-state index in [9.17, 15) is 8.42 Å². The quantitative estimate of drug-likeness (QED) is 0.788. The number of sulfonamides is 1. The van der Waals surface area contributed by atoms with Crippen LogP contribution in [-0.2, 0) is 16.4 Å². The summed E-state index contributed by atoms with van der Waals surface area (Å²) in [5.41, 5.74) is 0.967. The molecule has 8 heteroatoms. The Morgan fingerprint density at radius 2 is 2.22 bits per heavy atom. The fraction of sp³-hybridized carbons (Fsp3) is 0.600. The SMILES string of the molecule is CCCN(C1CCNC1)S(=O)(=O)c1cc(Br)cc2c1OCC2.Cl. The molecule has 0 amide bonds. The van der Waals surface area contributed by atoms with Gasteiger partial charge < -0.3 is 10.1 Å². The van der Waals surface area contributed by atoms with E-state index < -0.39 is 10.0 Å². The summed E-state index contributed by atoms with van der Waals surface area (Å²) in [7, 11) is -3.56. The van der Waals surface area contributed by atoms with Crippen molar-refractivity contribution in [3.8, 4) is 5.75 Å². The Morgan fingerprint density at radius 1 is 1.43 bits per heavy atom. The van der Waals surface area contributed by atoms with Crippen LogP contribution in [0.1, 0.15) is 25.3 Å². The number of benzene rings is 1. The van der Waals surface area contributed by atoms with E-state index in [4.69, 9.17) is 4.74 Å². The molecule has 0 aliphatic carbocycles. The van der Waals surface area contributed by atoms with Crippen LogP contribution in [0.2, 0.25) is 0 Å². The largest absolute Gasteiger partial charge is 0.492 e. The first-order valence-corrected chi connectivity index (χ1v) is 9.95. The zero-order valence-electron chi connectivity index (χ0n) is 13.0. The van der Waals surface area contributed by atoms with E-state index in [-0.39, 0.29) is 18.4 Å². The molecule has 2 aliphatic heterocycles. The Kier molecular flexibility index (Phi) is 6.35. The lowest BCUT2D eigenvalue weighted by Gasteiger charge is -2.28. The Balaban J connectivity index is 0.00000192. The number of hydrogen-bond donors (Lipinski definition) is 1. The van der Waals surface area contributed by atoms with Crippen molar-refractivity contribution in [2.75, 3.05) is 26.2 Å². The molecule has 3 rings (SSSR count). The molecule has 130 valence electrons. The van der Waals surface area contributed by atoms with E-state index in [1.54, 1.807) is 10.4 Å². The van der Waals surface area contributed by atoms with Gasteiger partial charge in [0.15, 0.2) is 0 Å². The zero-order valence-corrected chi connectivity index (χ0v) is 16.3. The van der Waals surface area contributed by atoms with E-state index in [1.165, 1.54) is 0 Å². The van der Waals surface area contributed by atoms with Crippen LogP contribution in [0.3, 0.4) is 0 Å².